The average Bonchev–Trinajstić information content (AvgIpc) is 2.36. The summed E-state index contributed by atoms with van der Waals surface area (Å²) < 4.78 is 0. The summed E-state index contributed by atoms with van der Waals surface area (Å²) in [4.78, 5) is 12.1. The Kier molecular flexibility index (Phi) is 5.64. The van der Waals surface area contributed by atoms with Gasteiger partial charge in [-0.2, -0.15) is 0 Å². The van der Waals surface area contributed by atoms with Crippen LogP contribution in [0.2, 0.25) is 0 Å². The van der Waals surface area contributed by atoms with Crippen LogP contribution >= 0.6 is 0 Å². The molecule has 0 atom stereocenters. The number of hydrogen-bond acceptors (Lipinski definition) is 2. The van der Waals surface area contributed by atoms with E-state index in [0.717, 1.165) is 38.8 Å². The first-order valence-corrected chi connectivity index (χ1v) is 7.34. The fourth-order valence-electron chi connectivity index (χ4n) is 2.32. The molecule has 1 saturated carbocycles. The van der Waals surface area contributed by atoms with Crippen LogP contribution in [0, 0.1) is 23.2 Å². The lowest BCUT2D eigenvalue weighted by Gasteiger charge is -2.31. The highest BCUT2D eigenvalue weighted by Crippen LogP contribution is 2.29. The molecule has 0 aromatic carbocycles. The Balaban J connectivity index is 2.34. The van der Waals surface area contributed by atoms with E-state index >= 15 is 0 Å². The fourth-order valence-corrected chi connectivity index (χ4v) is 2.32. The molecule has 3 heteroatoms. The van der Waals surface area contributed by atoms with Gasteiger partial charge in [-0.25, -0.2) is 0 Å². The molecule has 0 aromatic rings. The lowest BCUT2D eigenvalue weighted by molar-refractivity contribution is -0.126. The smallest absolute Gasteiger partial charge is 0.223 e. The van der Waals surface area contributed by atoms with Crippen molar-refractivity contribution in [3.63, 3.8) is 0 Å². The highest BCUT2D eigenvalue weighted by molar-refractivity contribution is 5.78. The zero-order valence-corrected chi connectivity index (χ0v) is 12.5. The minimum Gasteiger partial charge on any atom is -0.355 e. The first-order valence-electron chi connectivity index (χ1n) is 7.34. The molecule has 1 amide bonds. The van der Waals surface area contributed by atoms with Crippen LogP contribution in [0.25, 0.3) is 0 Å². The van der Waals surface area contributed by atoms with Gasteiger partial charge in [0.25, 0.3) is 0 Å². The summed E-state index contributed by atoms with van der Waals surface area (Å²) in [6, 6.07) is 0. The van der Waals surface area contributed by atoms with Crippen LogP contribution in [0.3, 0.4) is 0 Å². The monoisotopic (exact) mass is 254 g/mol. The van der Waals surface area contributed by atoms with Gasteiger partial charge in [-0.1, -0.05) is 27.7 Å². The molecule has 3 N–H and O–H groups in total. The largest absolute Gasteiger partial charge is 0.355 e. The van der Waals surface area contributed by atoms with Crippen LogP contribution in [-0.2, 0) is 4.79 Å². The first kappa shape index (κ1) is 15.5. The van der Waals surface area contributed by atoms with Crippen molar-refractivity contribution in [2.75, 3.05) is 13.1 Å². The Hall–Kier alpha value is -0.570. The molecule has 0 aromatic heterocycles. The second-order valence-corrected chi connectivity index (χ2v) is 6.81. The quantitative estimate of drug-likeness (QED) is 0.792. The number of rotatable bonds is 5. The number of hydrogen-bond donors (Lipinski definition) is 2. The van der Waals surface area contributed by atoms with E-state index in [1.807, 2.05) is 0 Å². The van der Waals surface area contributed by atoms with E-state index in [9.17, 15) is 4.79 Å². The van der Waals surface area contributed by atoms with Crippen LogP contribution in [-0.4, -0.2) is 19.0 Å². The zero-order chi connectivity index (χ0) is 13.8. The van der Waals surface area contributed by atoms with Crippen LogP contribution in [0.15, 0.2) is 0 Å². The maximum absolute atomic E-state index is 12.1. The third kappa shape index (κ3) is 4.27. The highest BCUT2D eigenvalue weighted by atomic mass is 16.1. The Morgan fingerprint density at radius 3 is 2.28 bits per heavy atom. The number of carbonyl (C=O) groups is 1. The lowest BCUT2D eigenvalue weighted by Crippen LogP contribution is -2.41. The number of nitrogens with two attached hydrogens (primary N) is 1. The average molecular weight is 254 g/mol. The topological polar surface area (TPSA) is 55.1 Å². The minimum atomic E-state index is 0.171. The van der Waals surface area contributed by atoms with E-state index in [1.54, 1.807) is 0 Å². The predicted molar refractivity (Wildman–Crippen MR) is 76.1 cm³/mol. The van der Waals surface area contributed by atoms with Gasteiger partial charge in [0.2, 0.25) is 5.91 Å². The Morgan fingerprint density at radius 1 is 1.28 bits per heavy atom. The Bertz CT molecular complexity index is 266. The molecule has 0 aliphatic heterocycles. The van der Waals surface area contributed by atoms with Crippen molar-refractivity contribution >= 4 is 5.91 Å². The van der Waals surface area contributed by atoms with Crippen LogP contribution in [0.4, 0.5) is 0 Å². The molecule has 0 spiro atoms. The molecular weight excluding hydrogens is 224 g/mol. The number of nitrogens with one attached hydrogen (secondary N) is 1. The van der Waals surface area contributed by atoms with Crippen molar-refractivity contribution < 1.29 is 4.79 Å². The van der Waals surface area contributed by atoms with Crippen LogP contribution in [0.1, 0.15) is 53.4 Å². The van der Waals surface area contributed by atoms with Gasteiger partial charge in [-0.15, -0.1) is 0 Å². The maximum Gasteiger partial charge on any atom is 0.223 e. The van der Waals surface area contributed by atoms with Gasteiger partial charge >= 0.3 is 0 Å². The summed E-state index contributed by atoms with van der Waals surface area (Å²) in [7, 11) is 0. The van der Waals surface area contributed by atoms with Crippen LogP contribution < -0.4 is 11.1 Å². The molecule has 1 aliphatic rings. The van der Waals surface area contributed by atoms with Crippen molar-refractivity contribution in [1.82, 2.24) is 5.32 Å². The molecule has 18 heavy (non-hydrogen) atoms. The van der Waals surface area contributed by atoms with E-state index < -0.39 is 0 Å². The third-order valence-corrected chi connectivity index (χ3v) is 4.83. The van der Waals surface area contributed by atoms with Gasteiger partial charge < -0.3 is 11.1 Å². The van der Waals surface area contributed by atoms with Crippen LogP contribution in [0.5, 0.6) is 0 Å². The summed E-state index contributed by atoms with van der Waals surface area (Å²) in [6.45, 7) is 10.4. The van der Waals surface area contributed by atoms with E-state index in [2.05, 4.69) is 33.0 Å². The van der Waals surface area contributed by atoms with E-state index in [4.69, 9.17) is 5.73 Å². The van der Waals surface area contributed by atoms with Crippen molar-refractivity contribution in [2.45, 2.75) is 53.4 Å². The summed E-state index contributed by atoms with van der Waals surface area (Å²) >= 11 is 0. The second-order valence-electron chi connectivity index (χ2n) is 6.81. The molecule has 0 radical (unpaired) electrons. The SMILES string of the molecule is CC(C)C(C)(C)CNC(=O)C1CCC(CN)CC1. The normalized spacial score (nSPS) is 25.2. The Morgan fingerprint density at radius 2 is 1.83 bits per heavy atom. The van der Waals surface area contributed by atoms with Gasteiger partial charge in [-0.05, 0) is 49.5 Å². The minimum absolute atomic E-state index is 0.171. The van der Waals surface area contributed by atoms with E-state index in [0.29, 0.717) is 11.8 Å². The number of carbonyl (C=O) groups excluding carboxylic acids is 1. The summed E-state index contributed by atoms with van der Waals surface area (Å²) in [5.41, 5.74) is 5.84. The molecule has 1 fully saturated rings. The van der Waals surface area contributed by atoms with Gasteiger partial charge in [0.15, 0.2) is 0 Å². The van der Waals surface area contributed by atoms with E-state index in [1.165, 1.54) is 0 Å². The van der Waals surface area contributed by atoms with Crippen molar-refractivity contribution in [1.29, 1.82) is 0 Å². The molecule has 106 valence electrons. The molecule has 0 bridgehead atoms. The summed E-state index contributed by atoms with van der Waals surface area (Å²) in [5, 5.41) is 3.14. The van der Waals surface area contributed by atoms with Gasteiger partial charge in [0, 0.05) is 12.5 Å². The predicted octanol–water partition coefficient (Wildman–Crippen LogP) is 2.55. The molecule has 3 nitrogen and oxygen atoms in total. The lowest BCUT2D eigenvalue weighted by atomic mass is 9.80. The van der Waals surface area contributed by atoms with E-state index in [-0.39, 0.29) is 17.2 Å². The Labute approximate surface area is 112 Å². The summed E-state index contributed by atoms with van der Waals surface area (Å²) in [5.74, 6) is 1.68. The standard InChI is InChI=1S/C15H30N2O/c1-11(2)15(3,4)10-17-14(18)13-7-5-12(9-16)6-8-13/h11-13H,5-10,16H2,1-4H3,(H,17,18). The van der Waals surface area contributed by atoms with Gasteiger partial charge in [-0.3, -0.25) is 4.79 Å². The van der Waals surface area contributed by atoms with Crippen molar-refractivity contribution in [3.05, 3.63) is 0 Å². The second kappa shape index (κ2) is 6.55. The molecule has 1 aliphatic carbocycles. The third-order valence-electron chi connectivity index (χ3n) is 4.83. The molecule has 0 saturated heterocycles. The highest BCUT2D eigenvalue weighted by Gasteiger charge is 2.28. The van der Waals surface area contributed by atoms with Crippen molar-refractivity contribution in [3.8, 4) is 0 Å². The molecule has 0 unspecified atom stereocenters. The molecule has 0 heterocycles. The fraction of sp³-hybridized carbons (Fsp3) is 0.933. The van der Waals surface area contributed by atoms with Gasteiger partial charge in [0.1, 0.15) is 0 Å². The summed E-state index contributed by atoms with van der Waals surface area (Å²) in [6.07, 6.45) is 4.25. The van der Waals surface area contributed by atoms with Crippen molar-refractivity contribution in [2.24, 2.45) is 28.9 Å². The maximum atomic E-state index is 12.1. The zero-order valence-electron chi connectivity index (χ0n) is 12.5. The first-order chi connectivity index (χ1) is 8.36. The molecule has 1 rings (SSSR count). The number of amides is 1. The van der Waals surface area contributed by atoms with Gasteiger partial charge in [0.05, 0.1) is 0 Å². The molecular formula is C15H30N2O.